The third kappa shape index (κ3) is 3.02. The van der Waals surface area contributed by atoms with Crippen molar-refractivity contribution in [1.29, 1.82) is 0 Å². The quantitative estimate of drug-likeness (QED) is 0.415. The van der Waals surface area contributed by atoms with E-state index in [1.807, 2.05) is 6.92 Å². The standard InChI is InChI=1S/C20H20ClN5O2/c1-12(14-10-9-13-5-3-6-15(13)11-14)19(28-22)18-16(21)7-4-8-17(18)26-20(27)25(2)23-24-26/h4,7-11H,3,5-6,22H2,1-2H3/b19-12+. The Balaban J connectivity index is 1.92. The predicted molar refractivity (Wildman–Crippen MR) is 108 cm³/mol. The second-order valence-electron chi connectivity index (χ2n) is 6.84. The van der Waals surface area contributed by atoms with E-state index in [0.717, 1.165) is 28.7 Å². The van der Waals surface area contributed by atoms with Crippen LogP contribution in [0, 0.1) is 0 Å². The minimum absolute atomic E-state index is 0.385. The maximum absolute atomic E-state index is 12.4. The molecule has 1 aliphatic rings. The smallest absolute Gasteiger partial charge is 0.368 e. The molecule has 0 saturated carbocycles. The molecule has 0 aliphatic heterocycles. The van der Waals surface area contributed by atoms with E-state index in [1.165, 1.54) is 29.3 Å². The number of halogens is 1. The Morgan fingerprint density at radius 1 is 1.18 bits per heavy atom. The molecule has 0 radical (unpaired) electrons. The molecule has 4 rings (SSSR count). The summed E-state index contributed by atoms with van der Waals surface area (Å²) < 4.78 is 2.32. The number of nitrogens with zero attached hydrogens (tertiary/aromatic N) is 4. The molecule has 1 aliphatic carbocycles. The van der Waals surface area contributed by atoms with Gasteiger partial charge in [0.2, 0.25) is 0 Å². The molecular formula is C20H20ClN5O2. The van der Waals surface area contributed by atoms with Crippen LogP contribution in [0.4, 0.5) is 0 Å². The van der Waals surface area contributed by atoms with Gasteiger partial charge in [0.05, 0.1) is 16.3 Å². The van der Waals surface area contributed by atoms with Crippen molar-refractivity contribution in [2.24, 2.45) is 12.9 Å². The van der Waals surface area contributed by atoms with Gasteiger partial charge in [-0.15, -0.1) is 0 Å². The summed E-state index contributed by atoms with van der Waals surface area (Å²) in [6.45, 7) is 1.92. The molecule has 8 heteroatoms. The topological polar surface area (TPSA) is 88.0 Å². The number of rotatable bonds is 4. The van der Waals surface area contributed by atoms with Crippen LogP contribution in [0.3, 0.4) is 0 Å². The van der Waals surface area contributed by atoms with Gasteiger partial charge in [0.15, 0.2) is 5.76 Å². The maximum Gasteiger partial charge on any atom is 0.368 e. The summed E-state index contributed by atoms with van der Waals surface area (Å²) in [5, 5.41) is 8.10. The van der Waals surface area contributed by atoms with Crippen molar-refractivity contribution < 1.29 is 4.84 Å². The molecule has 0 unspecified atom stereocenters. The van der Waals surface area contributed by atoms with E-state index in [0.29, 0.717) is 22.0 Å². The number of hydrogen-bond acceptors (Lipinski definition) is 5. The lowest BCUT2D eigenvalue weighted by molar-refractivity contribution is 0.291. The SMILES string of the molecule is C/C(=C(\ON)c1c(Cl)cccc1-n1nnn(C)c1=O)c1ccc2c(c1)CCC2. The molecule has 0 fully saturated rings. The zero-order valence-electron chi connectivity index (χ0n) is 15.6. The lowest BCUT2D eigenvalue weighted by Gasteiger charge is -2.16. The van der Waals surface area contributed by atoms with Crippen LogP contribution in [0.15, 0.2) is 41.2 Å². The van der Waals surface area contributed by atoms with Crippen molar-refractivity contribution in [3.05, 3.63) is 74.2 Å². The first-order valence-electron chi connectivity index (χ1n) is 8.99. The summed E-state index contributed by atoms with van der Waals surface area (Å²) in [6, 6.07) is 11.6. The number of allylic oxidation sites excluding steroid dienone is 1. The fourth-order valence-corrected chi connectivity index (χ4v) is 3.91. The molecule has 0 atom stereocenters. The molecule has 1 heterocycles. The van der Waals surface area contributed by atoms with Crippen molar-refractivity contribution >= 4 is 22.9 Å². The normalized spacial score (nSPS) is 14.0. The molecule has 3 aromatic rings. The molecular weight excluding hydrogens is 378 g/mol. The summed E-state index contributed by atoms with van der Waals surface area (Å²) in [5.74, 6) is 6.06. The Labute approximate surface area is 166 Å². The average molecular weight is 398 g/mol. The third-order valence-corrected chi connectivity index (χ3v) is 5.47. The van der Waals surface area contributed by atoms with Crippen molar-refractivity contribution in [3.63, 3.8) is 0 Å². The summed E-state index contributed by atoms with van der Waals surface area (Å²) in [5.41, 5.74) is 5.10. The lowest BCUT2D eigenvalue weighted by atomic mass is 9.98. The van der Waals surface area contributed by atoms with E-state index in [9.17, 15) is 4.79 Å². The first-order chi connectivity index (χ1) is 13.5. The number of aromatic nitrogens is 4. The monoisotopic (exact) mass is 397 g/mol. The number of fused-ring (bicyclic) bond motifs is 1. The minimum atomic E-state index is -0.393. The number of nitrogens with two attached hydrogens (primary N) is 1. The van der Waals surface area contributed by atoms with Crippen LogP contribution in [-0.2, 0) is 24.7 Å². The van der Waals surface area contributed by atoms with E-state index >= 15 is 0 Å². The fraction of sp³-hybridized carbons (Fsp3) is 0.250. The zero-order chi connectivity index (χ0) is 19.8. The van der Waals surface area contributed by atoms with E-state index in [2.05, 4.69) is 28.6 Å². The summed E-state index contributed by atoms with van der Waals surface area (Å²) in [6.07, 6.45) is 3.36. The van der Waals surface area contributed by atoms with Gasteiger partial charge in [-0.05, 0) is 65.4 Å². The fourth-order valence-electron chi connectivity index (χ4n) is 3.65. The largest absolute Gasteiger partial charge is 0.410 e. The van der Waals surface area contributed by atoms with Crippen molar-refractivity contribution in [2.45, 2.75) is 26.2 Å². The molecule has 0 bridgehead atoms. The molecule has 28 heavy (non-hydrogen) atoms. The van der Waals surface area contributed by atoms with Gasteiger partial charge in [-0.2, -0.15) is 15.3 Å². The summed E-state index contributed by atoms with van der Waals surface area (Å²) in [7, 11) is 1.53. The van der Waals surface area contributed by atoms with Crippen LogP contribution in [0.5, 0.6) is 0 Å². The number of aryl methyl sites for hydroxylation is 3. The van der Waals surface area contributed by atoms with Gasteiger partial charge >= 0.3 is 5.69 Å². The molecule has 0 spiro atoms. The lowest BCUT2D eigenvalue weighted by Crippen LogP contribution is -2.23. The Morgan fingerprint density at radius 3 is 2.68 bits per heavy atom. The van der Waals surface area contributed by atoms with E-state index in [4.69, 9.17) is 22.3 Å². The number of hydrogen-bond donors (Lipinski definition) is 1. The van der Waals surface area contributed by atoms with Gasteiger partial charge in [-0.3, -0.25) is 0 Å². The van der Waals surface area contributed by atoms with Crippen molar-refractivity contribution in [3.8, 4) is 5.69 Å². The summed E-state index contributed by atoms with van der Waals surface area (Å²) in [4.78, 5) is 17.7. The van der Waals surface area contributed by atoms with Gasteiger partial charge < -0.3 is 4.84 Å². The average Bonchev–Trinajstić information content (AvgIpc) is 3.29. The van der Waals surface area contributed by atoms with Crippen LogP contribution in [0.1, 0.15) is 35.6 Å². The van der Waals surface area contributed by atoms with Crippen LogP contribution in [0.2, 0.25) is 5.02 Å². The molecule has 144 valence electrons. The highest BCUT2D eigenvalue weighted by atomic mass is 35.5. The molecule has 2 aromatic carbocycles. The second-order valence-corrected chi connectivity index (χ2v) is 7.25. The predicted octanol–water partition coefficient (Wildman–Crippen LogP) is 2.89. The number of benzene rings is 2. The Bertz CT molecular complexity index is 1150. The van der Waals surface area contributed by atoms with E-state index < -0.39 is 5.69 Å². The highest BCUT2D eigenvalue weighted by Gasteiger charge is 2.21. The van der Waals surface area contributed by atoms with Gasteiger partial charge in [-0.25, -0.2) is 4.79 Å². The molecule has 2 N–H and O–H groups in total. The van der Waals surface area contributed by atoms with Crippen LogP contribution >= 0.6 is 11.6 Å². The Hall–Kier alpha value is -2.90. The first-order valence-corrected chi connectivity index (χ1v) is 9.37. The first kappa shape index (κ1) is 18.5. The molecule has 0 amide bonds. The van der Waals surface area contributed by atoms with Gasteiger partial charge in [-0.1, -0.05) is 35.9 Å². The van der Waals surface area contributed by atoms with Gasteiger partial charge in [0.25, 0.3) is 0 Å². The van der Waals surface area contributed by atoms with Crippen molar-refractivity contribution in [2.75, 3.05) is 0 Å². The highest BCUT2D eigenvalue weighted by Crippen LogP contribution is 2.35. The van der Waals surface area contributed by atoms with Crippen LogP contribution < -0.4 is 11.6 Å². The number of tetrazole rings is 1. The minimum Gasteiger partial charge on any atom is -0.410 e. The molecule has 0 saturated heterocycles. The van der Waals surface area contributed by atoms with E-state index in [1.54, 1.807) is 18.2 Å². The molecule has 7 nitrogen and oxygen atoms in total. The van der Waals surface area contributed by atoms with Crippen molar-refractivity contribution in [1.82, 2.24) is 19.8 Å². The van der Waals surface area contributed by atoms with Gasteiger partial charge in [0, 0.05) is 12.6 Å². The molecule has 1 aromatic heterocycles. The Kier molecular flexibility index (Phi) is 4.78. The second kappa shape index (κ2) is 7.26. The van der Waals surface area contributed by atoms with Crippen LogP contribution in [0.25, 0.3) is 17.0 Å². The Morgan fingerprint density at radius 2 is 1.96 bits per heavy atom. The van der Waals surface area contributed by atoms with Gasteiger partial charge in [0.1, 0.15) is 0 Å². The summed E-state index contributed by atoms with van der Waals surface area (Å²) >= 11 is 6.50. The highest BCUT2D eigenvalue weighted by molar-refractivity contribution is 6.33. The van der Waals surface area contributed by atoms with Crippen LogP contribution in [-0.4, -0.2) is 19.8 Å². The third-order valence-electron chi connectivity index (χ3n) is 5.16. The maximum atomic E-state index is 12.4. The zero-order valence-corrected chi connectivity index (χ0v) is 16.4. The van der Waals surface area contributed by atoms with E-state index in [-0.39, 0.29) is 0 Å².